The van der Waals surface area contributed by atoms with E-state index < -0.39 is 8.32 Å². The van der Waals surface area contributed by atoms with Crippen LogP contribution >= 0.6 is 0 Å². The molecule has 4 nitrogen and oxygen atoms in total. The van der Waals surface area contributed by atoms with Crippen LogP contribution in [0.5, 0.6) is 0 Å². The van der Waals surface area contributed by atoms with Crippen molar-refractivity contribution in [2.75, 3.05) is 6.61 Å². The number of hydrogen-bond acceptors (Lipinski definition) is 3. The van der Waals surface area contributed by atoms with Crippen LogP contribution in [0.4, 0.5) is 4.79 Å². The minimum Gasteiger partial charge on any atom is -0.449 e. The number of rotatable bonds is 2. The topological polar surface area (TPSA) is 47.6 Å². The molecule has 1 aliphatic heterocycles. The number of nitrogens with one attached hydrogen (secondary N) is 1. The van der Waals surface area contributed by atoms with Crippen molar-refractivity contribution in [3.63, 3.8) is 0 Å². The lowest BCUT2D eigenvalue weighted by Gasteiger charge is -2.40. The van der Waals surface area contributed by atoms with E-state index in [4.69, 9.17) is 9.16 Å². The molecule has 1 N–H and O–H groups in total. The van der Waals surface area contributed by atoms with Gasteiger partial charge in [0.1, 0.15) is 6.61 Å². The van der Waals surface area contributed by atoms with E-state index >= 15 is 0 Å². The van der Waals surface area contributed by atoms with E-state index in [1.54, 1.807) is 0 Å². The van der Waals surface area contributed by atoms with Gasteiger partial charge in [0.25, 0.3) is 0 Å². The molecule has 2 rings (SSSR count). The fraction of sp³-hybridized carbons (Fsp3) is 0.769. The van der Waals surface area contributed by atoms with Crippen LogP contribution in [0.2, 0.25) is 18.1 Å². The van der Waals surface area contributed by atoms with E-state index in [1.807, 2.05) is 6.08 Å². The molecule has 1 heterocycles. The van der Waals surface area contributed by atoms with Crippen molar-refractivity contribution in [3.05, 3.63) is 12.2 Å². The molecule has 0 aromatic rings. The van der Waals surface area contributed by atoms with Crippen molar-refractivity contribution in [2.24, 2.45) is 5.92 Å². The Kier molecular flexibility index (Phi) is 3.31. The molecule has 1 amide bonds. The van der Waals surface area contributed by atoms with E-state index in [0.717, 1.165) is 0 Å². The minimum absolute atomic E-state index is 0.0662. The maximum atomic E-state index is 11.2. The summed E-state index contributed by atoms with van der Waals surface area (Å²) in [5.74, 6) is 0.219. The van der Waals surface area contributed by atoms with Gasteiger partial charge in [-0.15, -0.1) is 0 Å². The van der Waals surface area contributed by atoms with Crippen LogP contribution in [0, 0.1) is 5.92 Å². The van der Waals surface area contributed by atoms with Gasteiger partial charge >= 0.3 is 6.09 Å². The number of ether oxygens (including phenoxy) is 1. The van der Waals surface area contributed by atoms with Gasteiger partial charge in [-0.3, -0.25) is 0 Å². The molecule has 1 aliphatic carbocycles. The molecule has 5 heteroatoms. The van der Waals surface area contributed by atoms with Gasteiger partial charge in [0.05, 0.1) is 12.1 Å². The number of amides is 1. The summed E-state index contributed by atoms with van der Waals surface area (Å²) >= 11 is 0. The van der Waals surface area contributed by atoms with Crippen molar-refractivity contribution in [1.29, 1.82) is 0 Å². The molecule has 2 aliphatic rings. The lowest BCUT2D eigenvalue weighted by molar-refractivity contribution is 0.0519. The number of carbonyl (C=O) groups is 1. The summed E-state index contributed by atoms with van der Waals surface area (Å²) in [5, 5.41) is 3.01. The summed E-state index contributed by atoms with van der Waals surface area (Å²) < 4.78 is 11.5. The molecule has 0 spiro atoms. The Morgan fingerprint density at radius 1 is 1.39 bits per heavy atom. The van der Waals surface area contributed by atoms with E-state index in [2.05, 4.69) is 45.3 Å². The van der Waals surface area contributed by atoms with Crippen LogP contribution in [-0.4, -0.2) is 33.2 Å². The summed E-state index contributed by atoms with van der Waals surface area (Å²) in [4.78, 5) is 11.2. The fourth-order valence-corrected chi connectivity index (χ4v) is 3.35. The summed E-state index contributed by atoms with van der Waals surface area (Å²) in [7, 11) is -1.78. The summed E-state index contributed by atoms with van der Waals surface area (Å²) in [6.07, 6.45) is 3.85. The first-order valence-electron chi connectivity index (χ1n) is 6.50. The molecular formula is C13H23NO3Si. The molecule has 0 aromatic heterocycles. The second-order valence-corrected chi connectivity index (χ2v) is 11.4. The maximum absolute atomic E-state index is 11.2. The molecule has 0 unspecified atom stereocenters. The van der Waals surface area contributed by atoms with Crippen LogP contribution in [0.25, 0.3) is 0 Å². The van der Waals surface area contributed by atoms with E-state index in [-0.39, 0.29) is 29.2 Å². The molecule has 0 aromatic carbocycles. The lowest BCUT2D eigenvalue weighted by Crippen LogP contribution is -2.51. The molecule has 1 saturated heterocycles. The van der Waals surface area contributed by atoms with Gasteiger partial charge in [-0.2, -0.15) is 0 Å². The zero-order valence-corrected chi connectivity index (χ0v) is 12.8. The van der Waals surface area contributed by atoms with Gasteiger partial charge in [-0.1, -0.05) is 32.9 Å². The first kappa shape index (κ1) is 13.6. The zero-order valence-electron chi connectivity index (χ0n) is 11.8. The van der Waals surface area contributed by atoms with Crippen LogP contribution in [0.3, 0.4) is 0 Å². The van der Waals surface area contributed by atoms with Crippen molar-refractivity contribution < 1.29 is 14.0 Å². The van der Waals surface area contributed by atoms with Gasteiger partial charge < -0.3 is 14.5 Å². The van der Waals surface area contributed by atoms with Gasteiger partial charge in [-0.25, -0.2) is 4.79 Å². The average Bonchev–Trinajstić information content (AvgIpc) is 2.58. The largest absolute Gasteiger partial charge is 0.449 e. The van der Waals surface area contributed by atoms with Crippen molar-refractivity contribution in [2.45, 2.75) is 51.0 Å². The fourth-order valence-electron chi connectivity index (χ4n) is 2.07. The minimum atomic E-state index is -1.78. The lowest BCUT2D eigenvalue weighted by atomic mass is 10.0. The molecule has 1 fully saturated rings. The van der Waals surface area contributed by atoms with Crippen LogP contribution in [0.1, 0.15) is 20.8 Å². The van der Waals surface area contributed by atoms with Gasteiger partial charge in [0.15, 0.2) is 8.32 Å². The third kappa shape index (κ3) is 2.47. The predicted molar refractivity (Wildman–Crippen MR) is 73.0 cm³/mol. The molecule has 0 saturated carbocycles. The molecular weight excluding hydrogens is 246 g/mol. The third-order valence-electron chi connectivity index (χ3n) is 4.32. The standard InChI is InChI=1S/C13H23NO3Si/c1-13(2,3)18(4,5)17-11-7-6-10-9(11)8-16-12(15)14-10/h6-7,9-11H,8H2,1-5H3,(H,14,15)/t9-,10-,11+/m1/s1. The highest BCUT2D eigenvalue weighted by Crippen LogP contribution is 2.39. The van der Waals surface area contributed by atoms with E-state index in [0.29, 0.717) is 6.61 Å². The van der Waals surface area contributed by atoms with Crippen LogP contribution < -0.4 is 5.32 Å². The Labute approximate surface area is 110 Å². The number of cyclic esters (lactones) is 1. The Morgan fingerprint density at radius 3 is 2.67 bits per heavy atom. The van der Waals surface area contributed by atoms with E-state index in [9.17, 15) is 4.79 Å². The van der Waals surface area contributed by atoms with Crippen LogP contribution in [-0.2, 0) is 9.16 Å². The molecule has 102 valence electrons. The van der Waals surface area contributed by atoms with Crippen molar-refractivity contribution in [3.8, 4) is 0 Å². The van der Waals surface area contributed by atoms with E-state index in [1.165, 1.54) is 0 Å². The highest BCUT2D eigenvalue weighted by molar-refractivity contribution is 6.74. The van der Waals surface area contributed by atoms with Gasteiger partial charge in [0.2, 0.25) is 0 Å². The summed E-state index contributed by atoms with van der Waals surface area (Å²) in [5.41, 5.74) is 0. The van der Waals surface area contributed by atoms with Gasteiger partial charge in [-0.05, 0) is 18.1 Å². The Balaban J connectivity index is 2.04. The predicted octanol–water partition coefficient (Wildman–Crippen LogP) is 2.67. The quantitative estimate of drug-likeness (QED) is 0.619. The average molecular weight is 269 g/mol. The number of carbonyl (C=O) groups excluding carboxylic acids is 1. The summed E-state index contributed by atoms with van der Waals surface area (Å²) in [6, 6.07) is 0.0704. The smallest absolute Gasteiger partial charge is 0.407 e. The van der Waals surface area contributed by atoms with Gasteiger partial charge in [0, 0.05) is 5.92 Å². The Bertz CT molecular complexity index is 373. The second kappa shape index (κ2) is 4.38. The highest BCUT2D eigenvalue weighted by atomic mass is 28.4. The third-order valence-corrected chi connectivity index (χ3v) is 8.79. The molecule has 3 atom stereocenters. The monoisotopic (exact) mass is 269 g/mol. The first-order valence-corrected chi connectivity index (χ1v) is 9.41. The maximum Gasteiger partial charge on any atom is 0.407 e. The zero-order chi connectivity index (χ0) is 13.6. The van der Waals surface area contributed by atoms with Crippen molar-refractivity contribution >= 4 is 14.4 Å². The highest BCUT2D eigenvalue weighted by Gasteiger charge is 2.44. The molecule has 18 heavy (non-hydrogen) atoms. The SMILES string of the molecule is CC(C)(C)[Si](C)(C)O[C@H]1C=C[C@H]2NC(=O)OC[C@@H]12. The number of alkyl carbamates (subject to hydrolysis) is 1. The first-order chi connectivity index (χ1) is 8.21. The number of fused-ring (bicyclic) bond motifs is 1. The Morgan fingerprint density at radius 2 is 2.06 bits per heavy atom. The molecule has 0 radical (unpaired) electrons. The second-order valence-electron chi connectivity index (χ2n) is 6.66. The van der Waals surface area contributed by atoms with Crippen molar-refractivity contribution in [1.82, 2.24) is 5.32 Å². The normalized spacial score (nSPS) is 31.8. The molecule has 0 bridgehead atoms. The number of hydrogen-bond donors (Lipinski definition) is 1. The Hall–Kier alpha value is -0.813. The summed E-state index contributed by atoms with van der Waals surface area (Å²) in [6.45, 7) is 11.6. The van der Waals surface area contributed by atoms with Crippen LogP contribution in [0.15, 0.2) is 12.2 Å².